The van der Waals surface area contributed by atoms with E-state index in [2.05, 4.69) is 86.0 Å². The van der Waals surface area contributed by atoms with Crippen LogP contribution in [0.2, 0.25) is 0 Å². The summed E-state index contributed by atoms with van der Waals surface area (Å²) in [5, 5.41) is 0. The topological polar surface area (TPSA) is 23.6 Å². The first-order chi connectivity index (χ1) is 14.6. The van der Waals surface area contributed by atoms with Crippen LogP contribution in [0.4, 0.5) is 11.4 Å². The third-order valence-electron chi connectivity index (χ3n) is 6.76. The van der Waals surface area contributed by atoms with Crippen molar-refractivity contribution in [3.8, 4) is 0 Å². The third-order valence-corrected chi connectivity index (χ3v) is 6.76. The number of hydrogen-bond acceptors (Lipinski definition) is 3. The highest BCUT2D eigenvalue weighted by Gasteiger charge is 2.33. The molecule has 0 aliphatic heterocycles. The molecule has 3 heteroatoms. The van der Waals surface area contributed by atoms with Gasteiger partial charge < -0.3 is 9.80 Å². The molecule has 1 aliphatic rings. The first kappa shape index (κ1) is 22.4. The van der Waals surface area contributed by atoms with E-state index in [-0.39, 0.29) is 11.8 Å². The van der Waals surface area contributed by atoms with Gasteiger partial charge in [0.25, 0.3) is 0 Å². The van der Waals surface area contributed by atoms with Crippen molar-refractivity contribution in [1.29, 1.82) is 0 Å². The second kappa shape index (κ2) is 10.7. The number of carbonyl (C=O) groups excluding carboxylic acids is 1. The van der Waals surface area contributed by atoms with Crippen molar-refractivity contribution in [1.82, 2.24) is 0 Å². The van der Waals surface area contributed by atoms with Crippen molar-refractivity contribution >= 4 is 17.2 Å². The Kier molecular flexibility index (Phi) is 7.95. The Balaban J connectivity index is 1.57. The van der Waals surface area contributed by atoms with Crippen LogP contribution in [0.15, 0.2) is 48.5 Å². The van der Waals surface area contributed by atoms with E-state index >= 15 is 0 Å². The van der Waals surface area contributed by atoms with Crippen molar-refractivity contribution < 1.29 is 4.79 Å². The van der Waals surface area contributed by atoms with E-state index in [9.17, 15) is 4.79 Å². The van der Waals surface area contributed by atoms with Gasteiger partial charge in [-0.05, 0) is 88.8 Å². The van der Waals surface area contributed by atoms with E-state index in [1.165, 1.54) is 22.5 Å². The average molecular weight is 407 g/mol. The predicted octanol–water partition coefficient (Wildman–Crippen LogP) is 5.76. The second-order valence-electron chi connectivity index (χ2n) is 8.46. The summed E-state index contributed by atoms with van der Waals surface area (Å²) in [4.78, 5) is 17.7. The van der Waals surface area contributed by atoms with Gasteiger partial charge in [0.05, 0.1) is 0 Å². The quantitative estimate of drug-likeness (QED) is 0.501. The summed E-state index contributed by atoms with van der Waals surface area (Å²) < 4.78 is 0. The van der Waals surface area contributed by atoms with E-state index < -0.39 is 0 Å². The molecule has 30 heavy (non-hydrogen) atoms. The average Bonchev–Trinajstić information content (AvgIpc) is 3.11. The molecule has 0 spiro atoms. The minimum absolute atomic E-state index is 0.184. The second-order valence-corrected chi connectivity index (χ2v) is 8.46. The van der Waals surface area contributed by atoms with Gasteiger partial charge in [-0.1, -0.05) is 24.3 Å². The van der Waals surface area contributed by atoms with E-state index in [0.717, 1.165) is 51.9 Å². The van der Waals surface area contributed by atoms with Gasteiger partial charge in [0.1, 0.15) is 5.78 Å². The molecule has 1 fully saturated rings. The molecule has 2 unspecified atom stereocenters. The lowest BCUT2D eigenvalue weighted by Crippen LogP contribution is -2.22. The molecule has 162 valence electrons. The van der Waals surface area contributed by atoms with Crippen LogP contribution in [0, 0.1) is 11.8 Å². The van der Waals surface area contributed by atoms with Crippen LogP contribution in [0.5, 0.6) is 0 Å². The Hall–Kier alpha value is -2.29. The lowest BCUT2D eigenvalue weighted by atomic mass is 9.92. The maximum atomic E-state index is 13.0. The molecule has 0 bridgehead atoms. The number of anilines is 2. The highest BCUT2D eigenvalue weighted by Crippen LogP contribution is 2.33. The highest BCUT2D eigenvalue weighted by atomic mass is 16.1. The largest absolute Gasteiger partial charge is 0.372 e. The van der Waals surface area contributed by atoms with Crippen LogP contribution in [-0.4, -0.2) is 32.0 Å². The van der Waals surface area contributed by atoms with Crippen molar-refractivity contribution in [2.24, 2.45) is 11.8 Å². The molecule has 0 saturated heterocycles. The lowest BCUT2D eigenvalue weighted by Gasteiger charge is -2.21. The summed E-state index contributed by atoms with van der Waals surface area (Å²) in [5.74, 6) is 0.837. The van der Waals surface area contributed by atoms with Gasteiger partial charge in [-0.3, -0.25) is 4.79 Å². The van der Waals surface area contributed by atoms with Crippen LogP contribution >= 0.6 is 0 Å². The van der Waals surface area contributed by atoms with Crippen molar-refractivity contribution in [3.63, 3.8) is 0 Å². The summed E-state index contributed by atoms with van der Waals surface area (Å²) in [5.41, 5.74) is 5.11. The first-order valence-electron chi connectivity index (χ1n) is 11.8. The van der Waals surface area contributed by atoms with E-state index in [1.807, 2.05) is 0 Å². The normalized spacial score (nSPS) is 18.6. The molecule has 0 amide bonds. The smallest absolute Gasteiger partial charge is 0.139 e. The van der Waals surface area contributed by atoms with Gasteiger partial charge in [0.15, 0.2) is 0 Å². The number of carbonyl (C=O) groups is 1. The van der Waals surface area contributed by atoms with Gasteiger partial charge in [-0.2, -0.15) is 0 Å². The Morgan fingerprint density at radius 3 is 1.27 bits per heavy atom. The molecule has 1 saturated carbocycles. The molecule has 0 N–H and O–H groups in total. The Morgan fingerprint density at radius 1 is 0.633 bits per heavy atom. The number of nitrogens with zero attached hydrogens (tertiary/aromatic N) is 2. The molecule has 2 aromatic rings. The number of Topliss-reactive ketones (excluding diaryl/α,β-unsaturated/α-hetero) is 1. The van der Waals surface area contributed by atoms with Crippen LogP contribution in [-0.2, 0) is 17.6 Å². The van der Waals surface area contributed by atoms with Crippen LogP contribution in [0.1, 0.15) is 51.7 Å². The van der Waals surface area contributed by atoms with Crippen LogP contribution in [0.25, 0.3) is 0 Å². The third kappa shape index (κ3) is 5.24. The fourth-order valence-corrected chi connectivity index (χ4v) is 4.86. The van der Waals surface area contributed by atoms with Gasteiger partial charge in [0, 0.05) is 49.4 Å². The molecular formula is C27H38N2O. The zero-order valence-electron chi connectivity index (χ0n) is 19.2. The fraction of sp³-hybridized carbons (Fsp3) is 0.519. The van der Waals surface area contributed by atoms with Gasteiger partial charge in [-0.25, -0.2) is 0 Å². The number of ketones is 1. The molecule has 0 aromatic heterocycles. The predicted molar refractivity (Wildman–Crippen MR) is 129 cm³/mol. The van der Waals surface area contributed by atoms with Gasteiger partial charge in [-0.15, -0.1) is 0 Å². The summed E-state index contributed by atoms with van der Waals surface area (Å²) in [6, 6.07) is 17.7. The SMILES string of the molecule is CCN(CC)c1ccc(CC2CCC(Cc3ccc(N(CC)CC)cc3)C2=O)cc1. The maximum Gasteiger partial charge on any atom is 0.139 e. The highest BCUT2D eigenvalue weighted by molar-refractivity contribution is 5.86. The molecule has 3 nitrogen and oxygen atoms in total. The molecular weight excluding hydrogens is 368 g/mol. The summed E-state index contributed by atoms with van der Waals surface area (Å²) in [7, 11) is 0. The minimum Gasteiger partial charge on any atom is -0.372 e. The molecule has 2 atom stereocenters. The van der Waals surface area contributed by atoms with Crippen molar-refractivity contribution in [3.05, 3.63) is 59.7 Å². The maximum absolute atomic E-state index is 13.0. The van der Waals surface area contributed by atoms with E-state index in [4.69, 9.17) is 0 Å². The summed E-state index contributed by atoms with van der Waals surface area (Å²) >= 11 is 0. The zero-order valence-corrected chi connectivity index (χ0v) is 19.2. The molecule has 3 rings (SSSR count). The van der Waals surface area contributed by atoms with Crippen molar-refractivity contribution in [2.45, 2.75) is 53.4 Å². The molecule has 1 aliphatic carbocycles. The Labute approximate surface area is 183 Å². The molecule has 0 heterocycles. The van der Waals surface area contributed by atoms with Gasteiger partial charge >= 0.3 is 0 Å². The van der Waals surface area contributed by atoms with Crippen LogP contribution in [0.3, 0.4) is 0 Å². The van der Waals surface area contributed by atoms with Crippen LogP contribution < -0.4 is 9.80 Å². The standard InChI is InChI=1S/C27H38N2O/c1-5-28(6-2)25-15-9-21(10-16-25)19-23-13-14-24(27(23)30)20-22-11-17-26(18-12-22)29(7-3)8-4/h9-12,15-18,23-24H,5-8,13-14,19-20H2,1-4H3. The summed E-state index contributed by atoms with van der Waals surface area (Å²) in [6.07, 6.45) is 3.82. The first-order valence-corrected chi connectivity index (χ1v) is 11.8. The lowest BCUT2D eigenvalue weighted by molar-refractivity contribution is -0.123. The molecule has 2 aromatic carbocycles. The minimum atomic E-state index is 0.184. The summed E-state index contributed by atoms with van der Waals surface area (Å²) in [6.45, 7) is 12.8. The number of benzene rings is 2. The number of rotatable bonds is 10. The Bertz CT molecular complexity index is 721. The van der Waals surface area contributed by atoms with E-state index in [1.54, 1.807) is 0 Å². The zero-order chi connectivity index (χ0) is 21.5. The van der Waals surface area contributed by atoms with Gasteiger partial charge in [0.2, 0.25) is 0 Å². The number of hydrogen-bond donors (Lipinski definition) is 0. The fourth-order valence-electron chi connectivity index (χ4n) is 4.86. The molecule has 0 radical (unpaired) electrons. The van der Waals surface area contributed by atoms with Crippen molar-refractivity contribution in [2.75, 3.05) is 36.0 Å². The Morgan fingerprint density at radius 2 is 0.967 bits per heavy atom. The van der Waals surface area contributed by atoms with E-state index in [0.29, 0.717) is 5.78 Å². The monoisotopic (exact) mass is 406 g/mol.